The Morgan fingerprint density at radius 3 is 1.52 bits per heavy atom. The standard InChI is InChI=1S/C12H19NO3.C10H15NO2/c1-13(2)7-9-15-11-5-3-4-6-12(11)16-10-8-14;1-11(2)7-8-13-10-6-4-3-5-9(10)12/h3-6,14H,7-10H2,1-2H3;3-6,12H,7-8H2,1-2H3. The molecule has 2 N–H and O–H groups in total. The lowest BCUT2D eigenvalue weighted by atomic mass is 10.3. The summed E-state index contributed by atoms with van der Waals surface area (Å²) in [7, 11) is 7.96. The number of hydrogen-bond donors (Lipinski definition) is 2. The highest BCUT2D eigenvalue weighted by Crippen LogP contribution is 2.26. The number of aliphatic hydroxyl groups is 1. The van der Waals surface area contributed by atoms with E-state index in [1.54, 1.807) is 18.2 Å². The van der Waals surface area contributed by atoms with Crippen LogP contribution in [0, 0.1) is 0 Å². The Hall–Kier alpha value is -2.48. The molecule has 0 saturated carbocycles. The second-order valence-electron chi connectivity index (χ2n) is 6.79. The van der Waals surface area contributed by atoms with E-state index in [0.29, 0.717) is 24.7 Å². The Labute approximate surface area is 174 Å². The molecule has 0 saturated heterocycles. The Bertz CT molecular complexity index is 680. The smallest absolute Gasteiger partial charge is 0.161 e. The van der Waals surface area contributed by atoms with Crippen molar-refractivity contribution in [2.24, 2.45) is 0 Å². The van der Waals surface area contributed by atoms with Crippen LogP contribution in [0.5, 0.6) is 23.0 Å². The average Bonchev–Trinajstić information content (AvgIpc) is 2.69. The van der Waals surface area contributed by atoms with Crippen LogP contribution in [0.15, 0.2) is 48.5 Å². The zero-order valence-electron chi connectivity index (χ0n) is 17.9. The highest BCUT2D eigenvalue weighted by molar-refractivity contribution is 5.39. The number of rotatable bonds is 11. The minimum absolute atomic E-state index is 0.00598. The van der Waals surface area contributed by atoms with Crippen LogP contribution in [0.4, 0.5) is 0 Å². The van der Waals surface area contributed by atoms with Gasteiger partial charge >= 0.3 is 0 Å². The van der Waals surface area contributed by atoms with Gasteiger partial charge in [-0.05, 0) is 52.5 Å². The van der Waals surface area contributed by atoms with E-state index >= 15 is 0 Å². The largest absolute Gasteiger partial charge is 0.504 e. The third-order valence-corrected chi connectivity index (χ3v) is 3.66. The molecule has 0 fully saturated rings. The summed E-state index contributed by atoms with van der Waals surface area (Å²) in [6, 6.07) is 14.5. The van der Waals surface area contributed by atoms with Gasteiger partial charge in [0.25, 0.3) is 0 Å². The maximum Gasteiger partial charge on any atom is 0.161 e. The second kappa shape index (κ2) is 14.5. The molecule has 0 aliphatic carbocycles. The van der Waals surface area contributed by atoms with Gasteiger partial charge in [-0.2, -0.15) is 0 Å². The molecule has 0 aliphatic rings. The van der Waals surface area contributed by atoms with E-state index in [4.69, 9.17) is 19.3 Å². The molecular weight excluding hydrogens is 372 g/mol. The zero-order chi connectivity index (χ0) is 21.5. The Kier molecular flexibility index (Phi) is 12.3. The van der Waals surface area contributed by atoms with Gasteiger partial charge in [-0.1, -0.05) is 24.3 Å². The number of phenols is 1. The van der Waals surface area contributed by atoms with Gasteiger partial charge in [0, 0.05) is 13.1 Å². The molecule has 0 atom stereocenters. The fourth-order valence-corrected chi connectivity index (χ4v) is 2.10. The van der Waals surface area contributed by atoms with Gasteiger partial charge in [0.15, 0.2) is 23.0 Å². The van der Waals surface area contributed by atoms with Crippen LogP contribution in [0.25, 0.3) is 0 Å². The number of nitrogens with zero attached hydrogens (tertiary/aromatic N) is 2. The molecule has 0 unspecified atom stereocenters. The molecular formula is C22H34N2O5. The summed E-state index contributed by atoms with van der Waals surface area (Å²) in [4.78, 5) is 4.08. The van der Waals surface area contributed by atoms with Gasteiger partial charge < -0.3 is 34.2 Å². The van der Waals surface area contributed by atoms with Crippen molar-refractivity contribution in [3.8, 4) is 23.0 Å². The molecule has 0 spiro atoms. The van der Waals surface area contributed by atoms with Gasteiger partial charge in [-0.15, -0.1) is 0 Å². The quantitative estimate of drug-likeness (QED) is 0.593. The fraction of sp³-hybridized carbons (Fsp3) is 0.455. The third kappa shape index (κ3) is 11.2. The predicted octanol–water partition coefficient (Wildman–Crippen LogP) is 2.33. The summed E-state index contributed by atoms with van der Waals surface area (Å²) in [5.41, 5.74) is 0. The van der Waals surface area contributed by atoms with E-state index in [1.165, 1.54) is 0 Å². The summed E-state index contributed by atoms with van der Waals surface area (Å²) >= 11 is 0. The molecule has 29 heavy (non-hydrogen) atoms. The van der Waals surface area contributed by atoms with E-state index in [1.807, 2.05) is 63.4 Å². The topological polar surface area (TPSA) is 74.6 Å². The molecule has 162 valence electrons. The van der Waals surface area contributed by atoms with Crippen LogP contribution in [0.3, 0.4) is 0 Å². The van der Waals surface area contributed by atoms with Crippen molar-refractivity contribution in [2.45, 2.75) is 0 Å². The van der Waals surface area contributed by atoms with Gasteiger partial charge in [0.1, 0.15) is 19.8 Å². The summed E-state index contributed by atoms with van der Waals surface area (Å²) < 4.78 is 16.3. The highest BCUT2D eigenvalue weighted by Gasteiger charge is 2.03. The first kappa shape index (κ1) is 24.6. The lowest BCUT2D eigenvalue weighted by molar-refractivity contribution is 0.190. The SMILES string of the molecule is CN(C)CCOc1ccccc1O.CN(C)CCOc1ccccc1OCCO. The minimum atomic E-state index is 0.00598. The average molecular weight is 407 g/mol. The van der Waals surface area contributed by atoms with E-state index in [9.17, 15) is 5.11 Å². The summed E-state index contributed by atoms with van der Waals surface area (Å²) in [5.74, 6) is 2.14. The number of para-hydroxylation sites is 4. The summed E-state index contributed by atoms with van der Waals surface area (Å²) in [6.45, 7) is 3.19. The number of aromatic hydroxyl groups is 1. The zero-order valence-corrected chi connectivity index (χ0v) is 17.9. The van der Waals surface area contributed by atoms with E-state index < -0.39 is 0 Å². The number of hydrogen-bond acceptors (Lipinski definition) is 7. The molecule has 0 bridgehead atoms. The fourth-order valence-electron chi connectivity index (χ4n) is 2.10. The Morgan fingerprint density at radius 1 is 0.655 bits per heavy atom. The van der Waals surface area contributed by atoms with E-state index in [-0.39, 0.29) is 19.0 Å². The van der Waals surface area contributed by atoms with Gasteiger partial charge in [0.05, 0.1) is 6.61 Å². The number of likely N-dealkylation sites (N-methyl/N-ethyl adjacent to an activating group) is 2. The monoisotopic (exact) mass is 406 g/mol. The van der Waals surface area contributed by atoms with Crippen molar-refractivity contribution in [3.05, 3.63) is 48.5 Å². The van der Waals surface area contributed by atoms with Crippen LogP contribution >= 0.6 is 0 Å². The predicted molar refractivity (Wildman–Crippen MR) is 115 cm³/mol. The van der Waals surface area contributed by atoms with E-state index in [2.05, 4.69) is 4.90 Å². The lowest BCUT2D eigenvalue weighted by Gasteiger charge is -2.14. The van der Waals surface area contributed by atoms with Crippen LogP contribution in [0.1, 0.15) is 0 Å². The molecule has 7 heteroatoms. The third-order valence-electron chi connectivity index (χ3n) is 3.66. The maximum absolute atomic E-state index is 9.34. The van der Waals surface area contributed by atoms with Crippen LogP contribution in [0.2, 0.25) is 0 Å². The van der Waals surface area contributed by atoms with Gasteiger partial charge in [-0.3, -0.25) is 0 Å². The molecule has 0 aromatic heterocycles. The van der Waals surface area contributed by atoms with Crippen molar-refractivity contribution in [3.63, 3.8) is 0 Å². The van der Waals surface area contributed by atoms with Gasteiger partial charge in [-0.25, -0.2) is 0 Å². The second-order valence-corrected chi connectivity index (χ2v) is 6.79. The van der Waals surface area contributed by atoms with Crippen LogP contribution in [-0.2, 0) is 0 Å². The molecule has 2 aromatic rings. The lowest BCUT2D eigenvalue weighted by Crippen LogP contribution is -2.19. The molecule has 2 aromatic carbocycles. The minimum Gasteiger partial charge on any atom is -0.504 e. The van der Waals surface area contributed by atoms with Crippen molar-refractivity contribution >= 4 is 0 Å². The molecule has 0 radical (unpaired) electrons. The Morgan fingerprint density at radius 2 is 1.07 bits per heavy atom. The molecule has 0 aliphatic heterocycles. The number of ether oxygens (including phenoxy) is 3. The summed E-state index contributed by atoms with van der Waals surface area (Å²) in [6.07, 6.45) is 0. The number of phenolic OH excluding ortho intramolecular Hbond substituents is 1. The molecule has 2 rings (SSSR count). The molecule has 7 nitrogen and oxygen atoms in total. The van der Waals surface area contributed by atoms with Crippen molar-refractivity contribution < 1.29 is 24.4 Å². The number of benzene rings is 2. The van der Waals surface area contributed by atoms with Crippen molar-refractivity contribution in [1.29, 1.82) is 0 Å². The first-order valence-electron chi connectivity index (χ1n) is 9.59. The first-order valence-corrected chi connectivity index (χ1v) is 9.59. The molecule has 0 heterocycles. The number of aliphatic hydroxyl groups excluding tert-OH is 1. The van der Waals surface area contributed by atoms with Crippen LogP contribution in [-0.4, -0.2) is 87.7 Å². The maximum atomic E-state index is 9.34. The normalized spacial score (nSPS) is 10.4. The van der Waals surface area contributed by atoms with Crippen LogP contribution < -0.4 is 14.2 Å². The summed E-state index contributed by atoms with van der Waals surface area (Å²) in [5, 5.41) is 18.0. The van der Waals surface area contributed by atoms with Crippen molar-refractivity contribution in [2.75, 3.05) is 67.7 Å². The first-order chi connectivity index (χ1) is 13.9. The highest BCUT2D eigenvalue weighted by atomic mass is 16.5. The van der Waals surface area contributed by atoms with E-state index in [0.717, 1.165) is 18.8 Å². The van der Waals surface area contributed by atoms with Gasteiger partial charge in [0.2, 0.25) is 0 Å². The van der Waals surface area contributed by atoms with Crippen molar-refractivity contribution in [1.82, 2.24) is 9.80 Å². The molecule has 0 amide bonds. The Balaban J connectivity index is 0.000000296.